The minimum Gasteiger partial charge on any atom is -0.373 e. The Morgan fingerprint density at radius 2 is 1.86 bits per heavy atom. The van der Waals surface area contributed by atoms with Gasteiger partial charge in [0.1, 0.15) is 4.90 Å². The van der Waals surface area contributed by atoms with Crippen LogP contribution < -0.4 is 9.21 Å². The fourth-order valence-corrected chi connectivity index (χ4v) is 4.47. The average Bonchev–Trinajstić information content (AvgIpc) is 2.66. The van der Waals surface area contributed by atoms with Crippen LogP contribution in [0, 0.1) is 0 Å². The number of benzene rings is 1. The van der Waals surface area contributed by atoms with Crippen molar-refractivity contribution in [2.45, 2.75) is 24.3 Å². The van der Waals surface area contributed by atoms with E-state index in [2.05, 4.69) is 9.88 Å². The number of pyridine rings is 1. The molecule has 1 aliphatic rings. The third-order valence-electron chi connectivity index (χ3n) is 4.00. The summed E-state index contributed by atoms with van der Waals surface area (Å²) in [5, 5.41) is 0. The Kier molecular flexibility index (Phi) is 3.78. The fourth-order valence-electron chi connectivity index (χ4n) is 2.81. The first-order valence-electron chi connectivity index (χ1n) is 7.26. The summed E-state index contributed by atoms with van der Waals surface area (Å²) in [6.45, 7) is 2.76. The molecule has 0 amide bonds. The molecule has 1 atom stereocenters. The van der Waals surface area contributed by atoms with Crippen molar-refractivity contribution in [2.75, 3.05) is 22.8 Å². The van der Waals surface area contributed by atoms with Gasteiger partial charge in [0, 0.05) is 32.0 Å². The number of hydrogen-bond donors (Lipinski definition) is 0. The van der Waals surface area contributed by atoms with Crippen LogP contribution in [0.5, 0.6) is 0 Å². The van der Waals surface area contributed by atoms with Crippen molar-refractivity contribution in [1.29, 1.82) is 0 Å². The second-order valence-electron chi connectivity index (χ2n) is 5.54. The minimum absolute atomic E-state index is 0.115. The molecule has 0 bridgehead atoms. The van der Waals surface area contributed by atoms with Crippen LogP contribution in [0.2, 0.25) is 0 Å². The van der Waals surface area contributed by atoms with Crippen molar-refractivity contribution < 1.29 is 8.42 Å². The molecule has 0 saturated carbocycles. The van der Waals surface area contributed by atoms with E-state index < -0.39 is 10.0 Å². The summed E-state index contributed by atoms with van der Waals surface area (Å²) >= 11 is 0. The second-order valence-corrected chi connectivity index (χ2v) is 7.35. The fraction of sp³-hybridized carbons (Fsp3) is 0.312. The summed E-state index contributed by atoms with van der Waals surface area (Å²) in [6, 6.07) is 10.7. The number of anilines is 2. The lowest BCUT2D eigenvalue weighted by Gasteiger charge is -2.29. The molecule has 22 heavy (non-hydrogen) atoms. The predicted molar refractivity (Wildman–Crippen MR) is 87.7 cm³/mol. The number of para-hydroxylation sites is 2. The Morgan fingerprint density at radius 3 is 2.55 bits per heavy atom. The lowest BCUT2D eigenvalue weighted by molar-refractivity contribution is 0.574. The van der Waals surface area contributed by atoms with Gasteiger partial charge in [-0.15, -0.1) is 0 Å². The Balaban J connectivity index is 2.18. The molecule has 5 nitrogen and oxygen atoms in total. The first-order valence-corrected chi connectivity index (χ1v) is 8.70. The topological polar surface area (TPSA) is 53.5 Å². The van der Waals surface area contributed by atoms with Crippen LogP contribution >= 0.6 is 0 Å². The van der Waals surface area contributed by atoms with Crippen LogP contribution in [0.15, 0.2) is 53.7 Å². The lowest BCUT2D eigenvalue weighted by Crippen LogP contribution is -2.38. The molecule has 0 fully saturated rings. The molecule has 2 aromatic rings. The molecule has 6 heteroatoms. The van der Waals surface area contributed by atoms with Crippen LogP contribution in [0.25, 0.3) is 0 Å². The normalized spacial score (nSPS) is 18.7. The molecule has 0 saturated heterocycles. The molecule has 0 spiro atoms. The first-order chi connectivity index (χ1) is 10.5. The molecule has 3 rings (SSSR count). The zero-order chi connectivity index (χ0) is 15.7. The van der Waals surface area contributed by atoms with E-state index in [1.807, 2.05) is 38.2 Å². The first kappa shape index (κ1) is 14.8. The van der Waals surface area contributed by atoms with Crippen molar-refractivity contribution in [1.82, 2.24) is 4.98 Å². The molecule has 1 aromatic carbocycles. The molecule has 0 aliphatic carbocycles. The van der Waals surface area contributed by atoms with E-state index in [0.29, 0.717) is 0 Å². The highest BCUT2D eigenvalue weighted by molar-refractivity contribution is 7.92. The summed E-state index contributed by atoms with van der Waals surface area (Å²) < 4.78 is 27.7. The van der Waals surface area contributed by atoms with Gasteiger partial charge in [-0.25, -0.2) is 8.42 Å². The van der Waals surface area contributed by atoms with Gasteiger partial charge < -0.3 is 4.90 Å². The standard InChI is InChI=1S/C16H19N3O2S/c1-13-9-11-18(2)15-7-3-4-8-16(15)19(13)22(20,21)14-6-5-10-17-12-14/h3-8,10,12-13H,9,11H2,1-2H3/t13-/m1/s1. The maximum atomic E-state index is 13.1. The SMILES string of the molecule is C[C@@H]1CCN(C)c2ccccc2N1S(=O)(=O)c1cccnc1. The van der Waals surface area contributed by atoms with E-state index in [4.69, 9.17) is 0 Å². The number of aromatic nitrogens is 1. The molecule has 1 aliphatic heterocycles. The monoisotopic (exact) mass is 317 g/mol. The Morgan fingerprint density at radius 1 is 1.14 bits per heavy atom. The smallest absolute Gasteiger partial charge is 0.266 e. The Labute approximate surface area is 131 Å². The highest BCUT2D eigenvalue weighted by Crippen LogP contribution is 2.37. The second kappa shape index (κ2) is 5.61. The van der Waals surface area contributed by atoms with Gasteiger partial charge in [-0.1, -0.05) is 12.1 Å². The van der Waals surface area contributed by atoms with E-state index in [0.717, 1.165) is 24.3 Å². The highest BCUT2D eigenvalue weighted by Gasteiger charge is 2.33. The number of fused-ring (bicyclic) bond motifs is 1. The highest BCUT2D eigenvalue weighted by atomic mass is 32.2. The van der Waals surface area contributed by atoms with Crippen LogP contribution in [0.4, 0.5) is 11.4 Å². The number of rotatable bonds is 2. The molecular formula is C16H19N3O2S. The minimum atomic E-state index is -3.63. The molecule has 116 valence electrons. The number of nitrogens with zero attached hydrogens (tertiary/aromatic N) is 3. The largest absolute Gasteiger partial charge is 0.373 e. The van der Waals surface area contributed by atoms with Gasteiger partial charge in [-0.05, 0) is 37.6 Å². The van der Waals surface area contributed by atoms with Gasteiger partial charge in [-0.3, -0.25) is 9.29 Å². The summed E-state index contributed by atoms with van der Waals surface area (Å²) in [7, 11) is -1.64. The van der Waals surface area contributed by atoms with E-state index in [1.54, 1.807) is 18.3 Å². The number of sulfonamides is 1. The van der Waals surface area contributed by atoms with E-state index >= 15 is 0 Å². The third-order valence-corrected chi connectivity index (χ3v) is 5.92. The lowest BCUT2D eigenvalue weighted by atomic mass is 10.2. The van der Waals surface area contributed by atoms with Gasteiger partial charge >= 0.3 is 0 Å². The van der Waals surface area contributed by atoms with Crippen molar-refractivity contribution in [3.05, 3.63) is 48.8 Å². The van der Waals surface area contributed by atoms with E-state index in [1.165, 1.54) is 10.5 Å². The van der Waals surface area contributed by atoms with Gasteiger partial charge in [-0.2, -0.15) is 0 Å². The third kappa shape index (κ3) is 2.43. The van der Waals surface area contributed by atoms with E-state index in [-0.39, 0.29) is 10.9 Å². The molecule has 0 N–H and O–H groups in total. The van der Waals surface area contributed by atoms with Crippen molar-refractivity contribution in [3.63, 3.8) is 0 Å². The molecule has 2 heterocycles. The Bertz CT molecular complexity index is 762. The summed E-state index contributed by atoms with van der Waals surface area (Å²) in [6.07, 6.45) is 3.75. The quantitative estimate of drug-likeness (QED) is 0.854. The van der Waals surface area contributed by atoms with Crippen LogP contribution in [-0.4, -0.2) is 33.0 Å². The van der Waals surface area contributed by atoms with Crippen LogP contribution in [0.1, 0.15) is 13.3 Å². The van der Waals surface area contributed by atoms with E-state index in [9.17, 15) is 8.42 Å². The molecule has 0 radical (unpaired) electrons. The average molecular weight is 317 g/mol. The summed E-state index contributed by atoms with van der Waals surface area (Å²) in [5.74, 6) is 0. The zero-order valence-electron chi connectivity index (χ0n) is 12.7. The van der Waals surface area contributed by atoms with Gasteiger partial charge in [0.2, 0.25) is 0 Å². The molecule has 0 unspecified atom stereocenters. The zero-order valence-corrected chi connectivity index (χ0v) is 13.5. The maximum absolute atomic E-state index is 13.1. The Hall–Kier alpha value is -2.08. The van der Waals surface area contributed by atoms with Gasteiger partial charge in [0.05, 0.1) is 11.4 Å². The van der Waals surface area contributed by atoms with Crippen molar-refractivity contribution in [3.8, 4) is 0 Å². The van der Waals surface area contributed by atoms with Gasteiger partial charge in [0.15, 0.2) is 0 Å². The predicted octanol–water partition coefficient (Wildman–Crippen LogP) is 2.51. The van der Waals surface area contributed by atoms with Gasteiger partial charge in [0.25, 0.3) is 10.0 Å². The van der Waals surface area contributed by atoms with Crippen molar-refractivity contribution >= 4 is 21.4 Å². The van der Waals surface area contributed by atoms with Crippen LogP contribution in [-0.2, 0) is 10.0 Å². The maximum Gasteiger partial charge on any atom is 0.266 e. The van der Waals surface area contributed by atoms with Crippen LogP contribution in [0.3, 0.4) is 0 Å². The molecular weight excluding hydrogens is 298 g/mol. The molecule has 1 aromatic heterocycles. The van der Waals surface area contributed by atoms with Crippen molar-refractivity contribution in [2.24, 2.45) is 0 Å². The summed E-state index contributed by atoms with van der Waals surface area (Å²) in [4.78, 5) is 6.27. The number of hydrogen-bond acceptors (Lipinski definition) is 4. The summed E-state index contributed by atoms with van der Waals surface area (Å²) in [5.41, 5.74) is 1.65.